The summed E-state index contributed by atoms with van der Waals surface area (Å²) in [6.07, 6.45) is -2.28. The lowest BCUT2D eigenvalue weighted by atomic mass is 10.0. The molecule has 0 bridgehead atoms. The molecule has 2 aliphatic rings. The van der Waals surface area contributed by atoms with Crippen LogP contribution < -0.4 is 15.8 Å². The molecule has 0 aliphatic carbocycles. The number of allylic oxidation sites excluding steroid dienone is 1. The Morgan fingerprint density at radius 1 is 0.786 bits per heavy atom. The van der Waals surface area contributed by atoms with Gasteiger partial charge in [0.05, 0.1) is 35.6 Å². The van der Waals surface area contributed by atoms with E-state index >= 15 is 0 Å². The molecule has 2 N–H and O–H groups in total. The van der Waals surface area contributed by atoms with Gasteiger partial charge in [-0.2, -0.15) is 13.2 Å². The van der Waals surface area contributed by atoms with E-state index in [1.54, 1.807) is 58.4 Å². The van der Waals surface area contributed by atoms with Gasteiger partial charge >= 0.3 is 18.1 Å². The Morgan fingerprint density at radius 3 is 1.98 bits per heavy atom. The second-order valence-electron chi connectivity index (χ2n) is 9.93. The minimum Gasteiger partial charge on any atom is -0.462 e. The lowest BCUT2D eigenvalue weighted by molar-refractivity contribution is -0.164. The number of nitrogens with zero attached hydrogens (tertiary/aromatic N) is 2. The molecule has 0 saturated carbocycles. The van der Waals surface area contributed by atoms with Crippen molar-refractivity contribution < 1.29 is 37.0 Å². The first-order chi connectivity index (χ1) is 20.1. The molecule has 0 amide bonds. The van der Waals surface area contributed by atoms with E-state index in [1.165, 1.54) is 24.4 Å². The van der Waals surface area contributed by atoms with Crippen molar-refractivity contribution in [3.63, 3.8) is 0 Å². The second-order valence-corrected chi connectivity index (χ2v) is 9.93. The van der Waals surface area contributed by atoms with Gasteiger partial charge in [0, 0.05) is 31.4 Å². The zero-order valence-electron chi connectivity index (χ0n) is 22.5. The molecule has 8 nitrogen and oxygen atoms in total. The van der Waals surface area contributed by atoms with Crippen LogP contribution in [0.4, 0.5) is 24.5 Å². The number of hydrazine groups is 1. The highest BCUT2D eigenvalue weighted by Gasteiger charge is 2.41. The first-order valence-electron chi connectivity index (χ1n) is 13.4. The molecule has 0 spiro atoms. The van der Waals surface area contributed by atoms with Crippen molar-refractivity contribution >= 4 is 34.7 Å². The predicted molar refractivity (Wildman–Crippen MR) is 150 cm³/mol. The summed E-state index contributed by atoms with van der Waals surface area (Å²) in [6, 6.07) is 17.7. The van der Waals surface area contributed by atoms with Crippen molar-refractivity contribution in [3.8, 4) is 0 Å². The van der Waals surface area contributed by atoms with Gasteiger partial charge in [-0.3, -0.25) is 4.79 Å². The van der Waals surface area contributed by atoms with Crippen molar-refractivity contribution in [2.24, 2.45) is 5.84 Å². The lowest BCUT2D eigenvalue weighted by Gasteiger charge is -2.18. The molecular formula is C31H28F3N3O5. The number of carbonyl (C=O) groups is 3. The van der Waals surface area contributed by atoms with E-state index in [9.17, 15) is 27.6 Å². The smallest absolute Gasteiger partial charge is 0.454 e. The maximum Gasteiger partial charge on any atom is 0.454 e. The fraction of sp³-hybridized carbons (Fsp3) is 0.258. The summed E-state index contributed by atoms with van der Waals surface area (Å²) in [7, 11) is 0. The van der Waals surface area contributed by atoms with Gasteiger partial charge < -0.3 is 19.4 Å². The highest BCUT2D eigenvalue weighted by molar-refractivity contribution is 6.23. The van der Waals surface area contributed by atoms with Crippen LogP contribution in [-0.4, -0.2) is 50.2 Å². The number of fused-ring (bicyclic) bond motifs is 2. The third-order valence-electron chi connectivity index (χ3n) is 7.12. The molecule has 0 unspecified atom stereocenters. The van der Waals surface area contributed by atoms with Crippen LogP contribution in [-0.2, 0) is 27.1 Å². The molecule has 218 valence electrons. The van der Waals surface area contributed by atoms with Crippen molar-refractivity contribution in [1.29, 1.82) is 0 Å². The Balaban J connectivity index is 1.16. The SMILES string of the molecule is NN1CCc2cc(C(=O)OCCCOC(=O)c3ccc4c(c3)CCN4/C=C(\C(=O)C(F)(F)F)c3ccccc3)ccc21. The number of anilines is 2. The van der Waals surface area contributed by atoms with Gasteiger partial charge in [0.2, 0.25) is 0 Å². The zero-order valence-corrected chi connectivity index (χ0v) is 22.5. The Kier molecular flexibility index (Phi) is 8.30. The van der Waals surface area contributed by atoms with Gasteiger partial charge in [0.25, 0.3) is 5.78 Å². The number of rotatable bonds is 9. The summed E-state index contributed by atoms with van der Waals surface area (Å²) in [6.45, 7) is 1.13. The number of esters is 2. The molecular weight excluding hydrogens is 551 g/mol. The number of benzene rings is 3. The summed E-state index contributed by atoms with van der Waals surface area (Å²) in [5.41, 5.74) is 3.65. The summed E-state index contributed by atoms with van der Waals surface area (Å²) in [5.74, 6) is 2.91. The van der Waals surface area contributed by atoms with Gasteiger partial charge in [0.1, 0.15) is 0 Å². The van der Waals surface area contributed by atoms with E-state index in [0.717, 1.165) is 23.2 Å². The number of halogens is 3. The van der Waals surface area contributed by atoms with Crippen molar-refractivity contribution in [2.45, 2.75) is 25.4 Å². The van der Waals surface area contributed by atoms with Crippen LogP contribution in [0.15, 0.2) is 72.9 Å². The van der Waals surface area contributed by atoms with Crippen LogP contribution in [0.1, 0.15) is 43.8 Å². The fourth-order valence-electron chi connectivity index (χ4n) is 4.99. The minimum atomic E-state index is -5.02. The highest BCUT2D eigenvalue weighted by atomic mass is 19.4. The Labute approximate surface area is 240 Å². The van der Waals surface area contributed by atoms with Crippen LogP contribution in [0.25, 0.3) is 5.57 Å². The van der Waals surface area contributed by atoms with Gasteiger partial charge in [0.15, 0.2) is 0 Å². The standard InChI is InChI=1S/C31H28F3N3O5/c32-31(33,34)28(38)25(20-5-2-1-3-6-20)19-36-13-11-21-17-23(7-9-26(21)36)29(39)41-15-4-16-42-30(40)24-8-10-27-22(18-24)12-14-37(27)35/h1-3,5-10,17-19H,4,11-16,35H2/b25-19-. The van der Waals surface area contributed by atoms with Gasteiger partial charge in [-0.25, -0.2) is 15.4 Å². The second kappa shape index (κ2) is 12.1. The normalized spacial score (nSPS) is 14.4. The number of hydrogen-bond donors (Lipinski definition) is 1. The Morgan fingerprint density at radius 2 is 1.36 bits per heavy atom. The van der Waals surface area contributed by atoms with Crippen molar-refractivity contribution in [2.75, 3.05) is 36.2 Å². The number of ketones is 1. The number of hydrogen-bond acceptors (Lipinski definition) is 8. The number of Topliss-reactive ketones (excluding diaryl/α,β-unsaturated/α-hetero) is 1. The molecule has 11 heteroatoms. The minimum absolute atomic E-state index is 0.0321. The van der Waals surface area contributed by atoms with Crippen LogP contribution in [0.5, 0.6) is 0 Å². The van der Waals surface area contributed by atoms with E-state index in [4.69, 9.17) is 15.3 Å². The van der Waals surface area contributed by atoms with Crippen LogP contribution in [0.2, 0.25) is 0 Å². The van der Waals surface area contributed by atoms with E-state index in [2.05, 4.69) is 0 Å². The summed E-state index contributed by atoms with van der Waals surface area (Å²) in [5, 5.41) is 1.63. The Bertz CT molecular complexity index is 1540. The molecule has 0 aromatic heterocycles. The third kappa shape index (κ3) is 6.31. The number of ether oxygens (including phenoxy) is 2. The largest absolute Gasteiger partial charge is 0.462 e. The van der Waals surface area contributed by atoms with Gasteiger partial charge in [-0.05, 0) is 65.9 Å². The Hall–Kier alpha value is -4.64. The van der Waals surface area contributed by atoms with E-state index in [-0.39, 0.29) is 18.8 Å². The maximum absolute atomic E-state index is 13.3. The van der Waals surface area contributed by atoms with Crippen molar-refractivity contribution in [3.05, 3.63) is 101 Å². The van der Waals surface area contributed by atoms with E-state index in [1.807, 2.05) is 0 Å². The summed E-state index contributed by atoms with van der Waals surface area (Å²) < 4.78 is 50.6. The monoisotopic (exact) mass is 579 g/mol. The van der Waals surface area contributed by atoms with Crippen LogP contribution in [0.3, 0.4) is 0 Å². The van der Waals surface area contributed by atoms with Gasteiger partial charge in [-0.1, -0.05) is 30.3 Å². The van der Waals surface area contributed by atoms with Crippen molar-refractivity contribution in [1.82, 2.24) is 0 Å². The van der Waals surface area contributed by atoms with E-state index < -0.39 is 29.5 Å². The number of alkyl halides is 3. The quantitative estimate of drug-likeness (QED) is 0.166. The predicted octanol–water partition coefficient (Wildman–Crippen LogP) is 4.86. The molecule has 0 fully saturated rings. The lowest BCUT2D eigenvalue weighted by Crippen LogP contribution is -2.27. The molecule has 2 aliphatic heterocycles. The average molecular weight is 580 g/mol. The van der Waals surface area contributed by atoms with Gasteiger partial charge in [-0.15, -0.1) is 0 Å². The fourth-order valence-corrected chi connectivity index (χ4v) is 4.99. The van der Waals surface area contributed by atoms with Crippen LogP contribution in [0, 0.1) is 0 Å². The highest BCUT2D eigenvalue weighted by Crippen LogP contribution is 2.33. The summed E-state index contributed by atoms with van der Waals surface area (Å²) in [4.78, 5) is 38.7. The molecule has 0 saturated heterocycles. The maximum atomic E-state index is 13.3. The third-order valence-corrected chi connectivity index (χ3v) is 7.12. The zero-order chi connectivity index (χ0) is 29.9. The first-order valence-corrected chi connectivity index (χ1v) is 13.4. The number of nitrogens with two attached hydrogens (primary N) is 1. The molecule has 42 heavy (non-hydrogen) atoms. The van der Waals surface area contributed by atoms with Crippen LogP contribution >= 0.6 is 0 Å². The molecule has 5 rings (SSSR count). The topological polar surface area (TPSA) is 102 Å². The average Bonchev–Trinajstić information content (AvgIpc) is 3.57. The molecule has 3 aromatic carbocycles. The summed E-state index contributed by atoms with van der Waals surface area (Å²) >= 11 is 0. The molecule has 2 heterocycles. The van der Waals surface area contributed by atoms with E-state index in [0.29, 0.717) is 42.7 Å². The molecule has 3 aromatic rings. The number of carbonyl (C=O) groups excluding carboxylic acids is 3. The first kappa shape index (κ1) is 28.9. The molecule has 0 atom stereocenters. The molecule has 0 radical (unpaired) electrons.